The number of nitrogens with one attached hydrogen (secondary N) is 8. The van der Waals surface area contributed by atoms with Crippen molar-refractivity contribution >= 4 is 76.7 Å². The van der Waals surface area contributed by atoms with E-state index in [0.29, 0.717) is 25.7 Å². The van der Waals surface area contributed by atoms with Crippen molar-refractivity contribution in [2.24, 2.45) is 29.2 Å². The third kappa shape index (κ3) is 24.9. The molecule has 0 bridgehead atoms. The molecule has 0 radical (unpaired) electrons. The van der Waals surface area contributed by atoms with E-state index in [2.05, 4.69) is 42.5 Å². The van der Waals surface area contributed by atoms with Gasteiger partial charge in [-0.1, -0.05) is 92.6 Å². The second-order valence-corrected chi connectivity index (χ2v) is 23.6. The average molecular weight is 1230 g/mol. The van der Waals surface area contributed by atoms with Gasteiger partial charge in [0.25, 0.3) is 11.8 Å². The van der Waals surface area contributed by atoms with E-state index in [1.54, 1.807) is 20.8 Å². The number of methoxy groups -OCH3 is 1. The van der Waals surface area contributed by atoms with Gasteiger partial charge in [-0.15, -0.1) is 0 Å². The minimum Gasteiger partial charge on any atom is -0.391 e. The fourth-order valence-electron chi connectivity index (χ4n) is 10.3. The summed E-state index contributed by atoms with van der Waals surface area (Å²) in [7, 11) is 2.41. The van der Waals surface area contributed by atoms with Crippen LogP contribution in [-0.2, 0) is 67.1 Å². The number of hydrogen-bond donors (Lipinski definition) is 12. The number of allylic oxidation sites excluding steroid dienone is 1. The maximum atomic E-state index is 14.7. The Bertz CT molecular complexity index is 2420. The number of ketones is 1. The number of ether oxygens (including phenoxy) is 1. The van der Waals surface area contributed by atoms with Crippen molar-refractivity contribution in [1.29, 1.82) is 0 Å². The molecule has 0 aromatic carbocycles. The molecule has 0 saturated carbocycles. The lowest BCUT2D eigenvalue weighted by molar-refractivity contribution is -0.151. The highest BCUT2D eigenvalue weighted by atomic mass is 16.5. The molecule has 0 aromatic rings. The van der Waals surface area contributed by atoms with Crippen LogP contribution in [0.4, 0.5) is 0 Å². The number of carbonyl (C=O) groups is 13. The van der Waals surface area contributed by atoms with Crippen LogP contribution in [0.2, 0.25) is 0 Å². The van der Waals surface area contributed by atoms with Gasteiger partial charge < -0.3 is 78.8 Å². The van der Waals surface area contributed by atoms with Crippen LogP contribution < -0.4 is 54.0 Å². The Labute approximate surface area is 511 Å². The third-order valence-electron chi connectivity index (χ3n) is 15.8. The van der Waals surface area contributed by atoms with Crippen LogP contribution in [0.1, 0.15) is 171 Å². The number of carbonyl (C=O) groups excluding carboxylic acids is 13. The first-order valence-corrected chi connectivity index (χ1v) is 30.5. The van der Waals surface area contributed by atoms with Gasteiger partial charge in [-0.2, -0.15) is 0 Å². The summed E-state index contributed by atoms with van der Waals surface area (Å²) in [5.41, 5.74) is 10.6. The Morgan fingerprint density at radius 3 is 1.79 bits per heavy atom. The number of aliphatic hydroxyl groups is 2. The lowest BCUT2D eigenvalue weighted by Gasteiger charge is -2.36. The van der Waals surface area contributed by atoms with Crippen LogP contribution in [0.5, 0.6) is 0 Å². The zero-order valence-electron chi connectivity index (χ0n) is 52.8. The summed E-state index contributed by atoms with van der Waals surface area (Å²) < 4.78 is 5.43. The normalized spacial score (nSPS) is 25.8. The first kappa shape index (κ1) is 76.0. The molecule has 2 fully saturated rings. The number of likely N-dealkylation sites (N-methyl/N-ethyl adjacent to an activating group) is 1. The van der Waals surface area contributed by atoms with Crippen LogP contribution in [0, 0.1) is 17.8 Å². The Morgan fingerprint density at radius 2 is 1.24 bits per heavy atom. The Hall–Kier alpha value is -7.07. The van der Waals surface area contributed by atoms with E-state index in [4.69, 9.17) is 16.2 Å². The first-order valence-electron chi connectivity index (χ1n) is 30.5. The molecule has 87 heavy (non-hydrogen) atoms. The SMILES string of the molecule is C/C=C1/NC(=O)[C@H](C(C)C)NC(=O)[C@H](O)[C@@H]([C@@H](C)CCCCCCCCCCC(=O)CCC)NC(=O)[C@@H]2CCCN2C(=O)[C@H](CC(N)=O)N(C)C(=O)[C@H]([C@@H](C)OC)NC(=O)CNC(=O)[C@H](CCC(N)=O)NC(=O)[C@H](C(C)C)NC(=O)[C@H]([C@@H](C)O)NC1=O. The van der Waals surface area contributed by atoms with Crippen LogP contribution in [0.3, 0.4) is 0 Å². The Kier molecular flexibility index (Phi) is 33.4. The van der Waals surface area contributed by atoms with Gasteiger partial charge in [0, 0.05) is 40.0 Å². The molecule has 492 valence electrons. The molecule has 12 amide bonds. The van der Waals surface area contributed by atoms with Gasteiger partial charge in [0.15, 0.2) is 6.10 Å². The predicted molar refractivity (Wildman–Crippen MR) is 319 cm³/mol. The van der Waals surface area contributed by atoms with Crippen LogP contribution in [0.15, 0.2) is 11.8 Å². The second-order valence-electron chi connectivity index (χ2n) is 23.6. The molecule has 12 atom stereocenters. The molecule has 2 heterocycles. The molecule has 14 N–H and O–H groups in total. The van der Waals surface area contributed by atoms with Crippen molar-refractivity contribution in [1.82, 2.24) is 52.3 Å². The number of nitrogens with two attached hydrogens (primary N) is 2. The Balaban J connectivity index is 2.73. The van der Waals surface area contributed by atoms with Crippen LogP contribution in [-0.4, -0.2) is 191 Å². The number of nitrogens with zero attached hydrogens (tertiary/aromatic N) is 2. The van der Waals surface area contributed by atoms with Crippen molar-refractivity contribution in [2.45, 2.75) is 238 Å². The zero-order chi connectivity index (χ0) is 65.8. The number of aliphatic hydroxyl groups excluding tert-OH is 2. The number of hydrogen-bond acceptors (Lipinski definition) is 16. The monoisotopic (exact) mass is 1230 g/mol. The lowest BCUT2D eigenvalue weighted by Crippen LogP contribution is -2.62. The number of Topliss-reactive ketones (excluding diaryl/α,β-unsaturated/α-hetero) is 1. The quantitative estimate of drug-likeness (QED) is 0.0407. The molecule has 2 saturated heterocycles. The summed E-state index contributed by atoms with van der Waals surface area (Å²) in [5.74, 6) is -13.4. The largest absolute Gasteiger partial charge is 0.391 e. The summed E-state index contributed by atoms with van der Waals surface area (Å²) >= 11 is 0. The van der Waals surface area contributed by atoms with Crippen molar-refractivity contribution in [3.63, 3.8) is 0 Å². The third-order valence-corrected chi connectivity index (χ3v) is 15.8. The average Bonchev–Trinajstić information content (AvgIpc) is 2.91. The van der Waals surface area contributed by atoms with Gasteiger partial charge in [-0.25, -0.2) is 0 Å². The van der Waals surface area contributed by atoms with Crippen LogP contribution >= 0.6 is 0 Å². The highest BCUT2D eigenvalue weighted by Crippen LogP contribution is 2.25. The lowest BCUT2D eigenvalue weighted by atomic mass is 9.90. The highest BCUT2D eigenvalue weighted by Gasteiger charge is 2.44. The van der Waals surface area contributed by atoms with Crippen LogP contribution in [0.25, 0.3) is 0 Å². The number of amides is 12. The van der Waals surface area contributed by atoms with E-state index in [0.717, 1.165) is 61.2 Å². The van der Waals surface area contributed by atoms with Gasteiger partial charge in [-0.3, -0.25) is 62.3 Å². The van der Waals surface area contributed by atoms with Crippen molar-refractivity contribution in [3.8, 4) is 0 Å². The number of rotatable bonds is 24. The zero-order valence-corrected chi connectivity index (χ0v) is 52.8. The molecule has 0 aromatic heterocycles. The fourth-order valence-corrected chi connectivity index (χ4v) is 10.3. The molecule has 0 aliphatic carbocycles. The molecule has 2 aliphatic rings. The Morgan fingerprint density at radius 1 is 0.667 bits per heavy atom. The van der Waals surface area contributed by atoms with E-state index in [1.165, 1.54) is 54.9 Å². The minimum absolute atomic E-state index is 0.0360. The summed E-state index contributed by atoms with van der Waals surface area (Å²) in [6.45, 7) is 13.0. The van der Waals surface area contributed by atoms with E-state index < -0.39 is 187 Å². The smallest absolute Gasteiger partial charge is 0.268 e. The molecular weight excluding hydrogens is 1130 g/mol. The summed E-state index contributed by atoms with van der Waals surface area (Å²) in [4.78, 5) is 180. The molecular formula is C59H100N12O16. The van der Waals surface area contributed by atoms with Gasteiger partial charge in [0.2, 0.25) is 59.1 Å². The maximum absolute atomic E-state index is 14.7. The standard InChI is InChI=1S/C59H100N12O16/c1-12-23-37(73)25-21-19-17-15-14-16-18-20-24-34(7)47-50(77)57(84)67-46(33(5)6)54(81)63-38(13-2)52(79)69-48(35(8)72)56(83)66-45(32(3)4)55(82)64-39(27-28-42(60)74)51(78)62-31-44(76)65-49(36(9)87-11)59(86)70(10)41(30-43(61)75)58(85)71-29-22-26-40(71)53(80)68-47/h13,32-36,39-41,45-50,72,77H,12,14-31H2,1-11H3,(H2,60,74)(H2,61,75)(H,62,78)(H,63,81)(H,64,82)(H,65,76)(H,66,83)(H,67,84)(H,68,80)(H,69,79)/b38-13+/t34-,35+,36+,39-,40-,41-,45-,46-,47+,48-,49-,50+/m0/s1. The summed E-state index contributed by atoms with van der Waals surface area (Å²) in [5, 5.41) is 42.7. The molecule has 0 spiro atoms. The van der Waals surface area contributed by atoms with Crippen molar-refractivity contribution in [3.05, 3.63) is 11.8 Å². The molecule has 0 unspecified atom stereocenters. The number of primary amides is 2. The van der Waals surface area contributed by atoms with Gasteiger partial charge in [0.1, 0.15) is 53.8 Å². The van der Waals surface area contributed by atoms with E-state index in [-0.39, 0.29) is 25.2 Å². The number of unbranched alkanes of at least 4 members (excludes halogenated alkanes) is 7. The van der Waals surface area contributed by atoms with Gasteiger partial charge >= 0.3 is 0 Å². The molecule has 2 aliphatic heterocycles. The van der Waals surface area contributed by atoms with E-state index >= 15 is 0 Å². The highest BCUT2D eigenvalue weighted by molar-refractivity contribution is 6.03. The van der Waals surface area contributed by atoms with Gasteiger partial charge in [-0.05, 0) is 77.0 Å². The molecule has 28 nitrogen and oxygen atoms in total. The van der Waals surface area contributed by atoms with E-state index in [9.17, 15) is 72.5 Å². The van der Waals surface area contributed by atoms with Crippen molar-refractivity contribution in [2.75, 3.05) is 27.2 Å². The minimum atomic E-state index is -2.01. The summed E-state index contributed by atoms with van der Waals surface area (Å²) in [6.07, 6.45) is 4.62. The predicted octanol–water partition coefficient (Wildman–Crippen LogP) is -1.00. The molecule has 2 rings (SSSR count). The maximum Gasteiger partial charge on any atom is 0.268 e. The fraction of sp³-hybridized carbons (Fsp3) is 0.746. The van der Waals surface area contributed by atoms with E-state index in [1.807, 2.05) is 6.92 Å². The number of fused-ring (bicyclic) bond motifs is 1. The van der Waals surface area contributed by atoms with Crippen molar-refractivity contribution < 1.29 is 77.3 Å². The molecule has 28 heteroatoms. The first-order chi connectivity index (χ1) is 40.9. The summed E-state index contributed by atoms with van der Waals surface area (Å²) in [6, 6.07) is -12.1. The second kappa shape index (κ2) is 38.3. The topological polar surface area (TPSA) is 426 Å². The van der Waals surface area contributed by atoms with Gasteiger partial charge in [0.05, 0.1) is 31.2 Å².